The molecule has 21 heavy (non-hydrogen) atoms. The summed E-state index contributed by atoms with van der Waals surface area (Å²) in [6, 6.07) is 11.2. The van der Waals surface area contributed by atoms with Crippen molar-refractivity contribution in [3.63, 3.8) is 0 Å². The van der Waals surface area contributed by atoms with Gasteiger partial charge in [0.2, 0.25) is 0 Å². The number of guanidine groups is 1. The van der Waals surface area contributed by atoms with Crippen LogP contribution >= 0.6 is 0 Å². The van der Waals surface area contributed by atoms with E-state index in [1.54, 1.807) is 7.05 Å². The molecular formula is C17H30N4. The van der Waals surface area contributed by atoms with Gasteiger partial charge in [-0.25, -0.2) is 0 Å². The van der Waals surface area contributed by atoms with Gasteiger partial charge in [0.05, 0.1) is 0 Å². The molecule has 1 atom stereocenters. The number of nitrogens with zero attached hydrogens (tertiary/aromatic N) is 1. The Morgan fingerprint density at radius 2 is 1.76 bits per heavy atom. The molecule has 0 saturated heterocycles. The minimum Gasteiger partial charge on any atom is -0.355 e. The molecule has 1 aromatic carbocycles. The van der Waals surface area contributed by atoms with Crippen molar-refractivity contribution in [2.24, 2.45) is 4.99 Å². The SMILES string of the molecule is CN=C(NCC(C)(C)NC(C)c1ccccc1)NC(C)C. The molecule has 0 aliphatic heterocycles. The summed E-state index contributed by atoms with van der Waals surface area (Å²) in [6.45, 7) is 11.6. The molecule has 118 valence electrons. The third-order valence-electron chi connectivity index (χ3n) is 3.25. The van der Waals surface area contributed by atoms with E-state index in [9.17, 15) is 0 Å². The third-order valence-corrected chi connectivity index (χ3v) is 3.25. The highest BCUT2D eigenvalue weighted by Crippen LogP contribution is 2.15. The molecule has 0 aromatic heterocycles. The number of rotatable bonds is 6. The fourth-order valence-corrected chi connectivity index (χ4v) is 2.23. The standard InChI is InChI=1S/C17H30N4/c1-13(2)20-16(18-6)19-12-17(4,5)21-14(3)15-10-8-7-9-11-15/h7-11,13-14,21H,12H2,1-6H3,(H2,18,19,20). The van der Waals surface area contributed by atoms with Crippen LogP contribution in [0.25, 0.3) is 0 Å². The van der Waals surface area contributed by atoms with Crippen molar-refractivity contribution >= 4 is 5.96 Å². The number of aliphatic imine (C=N–C) groups is 1. The van der Waals surface area contributed by atoms with Gasteiger partial charge in [-0.05, 0) is 40.2 Å². The van der Waals surface area contributed by atoms with Crippen LogP contribution in [0.15, 0.2) is 35.3 Å². The molecule has 0 fully saturated rings. The Hall–Kier alpha value is -1.55. The second kappa shape index (κ2) is 8.03. The van der Waals surface area contributed by atoms with Crippen LogP contribution in [0.1, 0.15) is 46.2 Å². The molecule has 1 rings (SSSR count). The summed E-state index contributed by atoms with van der Waals surface area (Å²) in [5, 5.41) is 10.3. The topological polar surface area (TPSA) is 48.5 Å². The molecule has 4 nitrogen and oxygen atoms in total. The Morgan fingerprint density at radius 3 is 2.29 bits per heavy atom. The summed E-state index contributed by atoms with van der Waals surface area (Å²) < 4.78 is 0. The van der Waals surface area contributed by atoms with Gasteiger partial charge in [-0.1, -0.05) is 30.3 Å². The van der Waals surface area contributed by atoms with Gasteiger partial charge < -0.3 is 16.0 Å². The lowest BCUT2D eigenvalue weighted by Crippen LogP contribution is -2.52. The lowest BCUT2D eigenvalue weighted by Gasteiger charge is -2.31. The lowest BCUT2D eigenvalue weighted by atomic mass is 10.0. The van der Waals surface area contributed by atoms with Gasteiger partial charge in [0, 0.05) is 31.2 Å². The van der Waals surface area contributed by atoms with Crippen molar-refractivity contribution in [2.75, 3.05) is 13.6 Å². The zero-order valence-electron chi connectivity index (χ0n) is 14.2. The van der Waals surface area contributed by atoms with Crippen molar-refractivity contribution in [2.45, 2.75) is 52.2 Å². The van der Waals surface area contributed by atoms with Crippen LogP contribution < -0.4 is 16.0 Å². The average molecular weight is 290 g/mol. The van der Waals surface area contributed by atoms with E-state index >= 15 is 0 Å². The van der Waals surface area contributed by atoms with E-state index in [1.807, 2.05) is 6.07 Å². The summed E-state index contributed by atoms with van der Waals surface area (Å²) in [4.78, 5) is 4.24. The van der Waals surface area contributed by atoms with Crippen LogP contribution in [0.5, 0.6) is 0 Å². The van der Waals surface area contributed by atoms with Crippen LogP contribution in [0.2, 0.25) is 0 Å². The fraction of sp³-hybridized carbons (Fsp3) is 0.588. The highest BCUT2D eigenvalue weighted by Gasteiger charge is 2.21. The molecule has 0 saturated carbocycles. The zero-order chi connectivity index (χ0) is 15.9. The first kappa shape index (κ1) is 17.5. The minimum atomic E-state index is -0.0378. The molecule has 0 aliphatic carbocycles. The molecule has 0 spiro atoms. The van der Waals surface area contributed by atoms with Crippen LogP contribution in [0, 0.1) is 0 Å². The largest absolute Gasteiger partial charge is 0.355 e. The smallest absolute Gasteiger partial charge is 0.191 e. The van der Waals surface area contributed by atoms with Crippen LogP contribution in [-0.4, -0.2) is 31.1 Å². The van der Waals surface area contributed by atoms with Crippen molar-refractivity contribution < 1.29 is 0 Å². The van der Waals surface area contributed by atoms with Crippen molar-refractivity contribution in [3.05, 3.63) is 35.9 Å². The number of hydrogen-bond acceptors (Lipinski definition) is 2. The second-order valence-electron chi connectivity index (χ2n) is 6.39. The maximum atomic E-state index is 4.24. The van der Waals surface area contributed by atoms with Gasteiger partial charge in [-0.3, -0.25) is 4.99 Å². The van der Waals surface area contributed by atoms with Crippen LogP contribution in [-0.2, 0) is 0 Å². The van der Waals surface area contributed by atoms with E-state index < -0.39 is 0 Å². The van der Waals surface area contributed by atoms with Crippen molar-refractivity contribution in [3.8, 4) is 0 Å². The summed E-state index contributed by atoms with van der Waals surface area (Å²) in [6.07, 6.45) is 0. The summed E-state index contributed by atoms with van der Waals surface area (Å²) in [5.41, 5.74) is 1.26. The van der Waals surface area contributed by atoms with E-state index in [-0.39, 0.29) is 5.54 Å². The maximum Gasteiger partial charge on any atom is 0.191 e. The summed E-state index contributed by atoms with van der Waals surface area (Å²) >= 11 is 0. The van der Waals surface area contributed by atoms with E-state index in [2.05, 4.69) is 79.8 Å². The van der Waals surface area contributed by atoms with E-state index in [4.69, 9.17) is 0 Å². The molecule has 0 bridgehead atoms. The molecule has 0 radical (unpaired) electrons. The average Bonchev–Trinajstić information content (AvgIpc) is 2.43. The Kier molecular flexibility index (Phi) is 6.69. The number of benzene rings is 1. The molecule has 0 heterocycles. The minimum absolute atomic E-state index is 0.0378. The number of nitrogens with one attached hydrogen (secondary N) is 3. The maximum absolute atomic E-state index is 4.24. The van der Waals surface area contributed by atoms with Crippen LogP contribution in [0.3, 0.4) is 0 Å². The number of hydrogen-bond donors (Lipinski definition) is 3. The zero-order valence-corrected chi connectivity index (χ0v) is 14.2. The fourth-order valence-electron chi connectivity index (χ4n) is 2.23. The van der Waals surface area contributed by atoms with Crippen LogP contribution in [0.4, 0.5) is 0 Å². The quantitative estimate of drug-likeness (QED) is 0.558. The van der Waals surface area contributed by atoms with Gasteiger partial charge in [-0.2, -0.15) is 0 Å². The summed E-state index contributed by atoms with van der Waals surface area (Å²) in [7, 11) is 1.80. The van der Waals surface area contributed by atoms with Gasteiger partial charge in [0.15, 0.2) is 5.96 Å². The lowest BCUT2D eigenvalue weighted by molar-refractivity contribution is 0.344. The predicted octanol–water partition coefficient (Wildman–Crippen LogP) is 2.69. The molecule has 3 N–H and O–H groups in total. The molecular weight excluding hydrogens is 260 g/mol. The van der Waals surface area contributed by atoms with E-state index in [0.29, 0.717) is 12.1 Å². The first-order chi connectivity index (χ1) is 9.84. The third kappa shape index (κ3) is 6.63. The molecule has 0 amide bonds. The predicted molar refractivity (Wildman–Crippen MR) is 91.7 cm³/mol. The monoisotopic (exact) mass is 290 g/mol. The van der Waals surface area contributed by atoms with E-state index in [1.165, 1.54) is 5.56 Å². The Bertz CT molecular complexity index is 437. The van der Waals surface area contributed by atoms with Crippen molar-refractivity contribution in [1.82, 2.24) is 16.0 Å². The Labute approximate surface area is 129 Å². The first-order valence-electron chi connectivity index (χ1n) is 7.64. The first-order valence-corrected chi connectivity index (χ1v) is 7.64. The van der Waals surface area contributed by atoms with Crippen molar-refractivity contribution in [1.29, 1.82) is 0 Å². The Balaban J connectivity index is 2.53. The van der Waals surface area contributed by atoms with E-state index in [0.717, 1.165) is 12.5 Å². The van der Waals surface area contributed by atoms with Gasteiger partial charge in [-0.15, -0.1) is 0 Å². The Morgan fingerprint density at radius 1 is 1.14 bits per heavy atom. The molecule has 0 aliphatic rings. The molecule has 1 aromatic rings. The van der Waals surface area contributed by atoms with Gasteiger partial charge >= 0.3 is 0 Å². The molecule has 1 unspecified atom stereocenters. The highest BCUT2D eigenvalue weighted by molar-refractivity contribution is 5.79. The van der Waals surface area contributed by atoms with Gasteiger partial charge in [0.1, 0.15) is 0 Å². The molecule has 4 heteroatoms. The normalized spacial score (nSPS) is 14.1. The van der Waals surface area contributed by atoms with Gasteiger partial charge in [0.25, 0.3) is 0 Å². The summed E-state index contributed by atoms with van der Waals surface area (Å²) in [5.74, 6) is 0.840. The second-order valence-corrected chi connectivity index (χ2v) is 6.39. The highest BCUT2D eigenvalue weighted by atomic mass is 15.2.